The molecule has 2 aromatic carbocycles. The third-order valence-corrected chi connectivity index (χ3v) is 4.09. The Morgan fingerprint density at radius 1 is 1.19 bits per heavy atom. The molecule has 0 saturated heterocycles. The van der Waals surface area contributed by atoms with E-state index in [-0.39, 0.29) is 11.9 Å². The molecule has 1 atom stereocenters. The zero-order valence-electron chi connectivity index (χ0n) is 15.7. The minimum Gasteiger partial charge on any atom is -0.493 e. The van der Waals surface area contributed by atoms with Gasteiger partial charge in [-0.2, -0.15) is 4.98 Å². The molecule has 3 aromatic rings. The molecule has 0 amide bonds. The molecule has 3 rings (SSSR count). The molecule has 0 radical (unpaired) electrons. The minimum atomic E-state index is -0.300. The molecule has 1 heterocycles. The van der Waals surface area contributed by atoms with E-state index in [1.807, 2.05) is 32.0 Å². The van der Waals surface area contributed by atoms with Crippen molar-refractivity contribution in [2.75, 3.05) is 19.0 Å². The van der Waals surface area contributed by atoms with Crippen LogP contribution in [0.1, 0.15) is 31.3 Å². The first-order chi connectivity index (χ1) is 13.0. The lowest BCUT2D eigenvalue weighted by Gasteiger charge is -2.14. The third kappa shape index (κ3) is 4.19. The summed E-state index contributed by atoms with van der Waals surface area (Å²) in [5, 5.41) is 7.24. The second-order valence-electron chi connectivity index (χ2n) is 6.08. The summed E-state index contributed by atoms with van der Waals surface area (Å²) in [6.07, 6.45) is 0. The molecule has 142 valence electrons. The van der Waals surface area contributed by atoms with Crippen molar-refractivity contribution in [3.63, 3.8) is 0 Å². The number of hydrogen-bond donors (Lipinski definition) is 1. The molecule has 6 nitrogen and oxygen atoms in total. The van der Waals surface area contributed by atoms with Gasteiger partial charge in [0.25, 0.3) is 0 Å². The maximum Gasteiger partial charge on any atom is 0.249 e. The van der Waals surface area contributed by atoms with Gasteiger partial charge in [0.2, 0.25) is 11.7 Å². The fourth-order valence-corrected chi connectivity index (χ4v) is 2.60. The van der Waals surface area contributed by atoms with Crippen molar-refractivity contribution in [2.45, 2.75) is 26.8 Å². The first-order valence-corrected chi connectivity index (χ1v) is 8.69. The summed E-state index contributed by atoms with van der Waals surface area (Å²) >= 11 is 0. The first-order valence-electron chi connectivity index (χ1n) is 8.69. The fourth-order valence-electron chi connectivity index (χ4n) is 2.60. The van der Waals surface area contributed by atoms with Gasteiger partial charge < -0.3 is 19.3 Å². The Hall–Kier alpha value is -3.09. The normalized spacial score (nSPS) is 11.9. The van der Waals surface area contributed by atoms with Crippen molar-refractivity contribution < 1.29 is 18.4 Å². The van der Waals surface area contributed by atoms with Gasteiger partial charge in [-0.05, 0) is 44.5 Å². The van der Waals surface area contributed by atoms with Crippen molar-refractivity contribution in [3.05, 3.63) is 53.7 Å². The summed E-state index contributed by atoms with van der Waals surface area (Å²) in [6, 6.07) is 10.2. The lowest BCUT2D eigenvalue weighted by molar-refractivity contribution is 0.311. The van der Waals surface area contributed by atoms with Gasteiger partial charge in [0.15, 0.2) is 11.5 Å². The highest BCUT2D eigenvalue weighted by Crippen LogP contribution is 2.31. The predicted molar refractivity (Wildman–Crippen MR) is 101 cm³/mol. The number of nitrogens with zero attached hydrogens (tertiary/aromatic N) is 2. The highest BCUT2D eigenvalue weighted by Gasteiger charge is 2.17. The van der Waals surface area contributed by atoms with E-state index in [2.05, 4.69) is 15.5 Å². The Labute approximate surface area is 157 Å². The highest BCUT2D eigenvalue weighted by atomic mass is 19.1. The topological polar surface area (TPSA) is 69.4 Å². The van der Waals surface area contributed by atoms with Crippen LogP contribution in [0.15, 0.2) is 40.9 Å². The van der Waals surface area contributed by atoms with Gasteiger partial charge in [0, 0.05) is 17.3 Å². The molecule has 1 aromatic heterocycles. The van der Waals surface area contributed by atoms with Crippen LogP contribution >= 0.6 is 0 Å². The van der Waals surface area contributed by atoms with Crippen LogP contribution in [-0.2, 0) is 0 Å². The fraction of sp³-hybridized carbons (Fsp3) is 0.300. The summed E-state index contributed by atoms with van der Waals surface area (Å²) in [7, 11) is 1.59. The Bertz CT molecular complexity index is 927. The molecule has 0 bridgehead atoms. The molecular weight excluding hydrogens is 349 g/mol. The lowest BCUT2D eigenvalue weighted by atomic mass is 10.1. The Balaban J connectivity index is 1.76. The summed E-state index contributed by atoms with van der Waals surface area (Å²) in [5.74, 6) is 1.77. The van der Waals surface area contributed by atoms with Crippen molar-refractivity contribution in [2.24, 2.45) is 0 Å². The number of hydrogen-bond acceptors (Lipinski definition) is 6. The third-order valence-electron chi connectivity index (χ3n) is 4.09. The van der Waals surface area contributed by atoms with Crippen LogP contribution in [0.2, 0.25) is 0 Å². The second-order valence-corrected chi connectivity index (χ2v) is 6.08. The number of aryl methyl sites for hydroxylation is 1. The summed E-state index contributed by atoms with van der Waals surface area (Å²) in [6.45, 7) is 6.08. The number of aromatic nitrogens is 2. The highest BCUT2D eigenvalue weighted by molar-refractivity contribution is 5.56. The predicted octanol–water partition coefficient (Wildman–Crippen LogP) is 4.76. The average Bonchev–Trinajstić information content (AvgIpc) is 3.15. The van der Waals surface area contributed by atoms with Crippen LogP contribution in [-0.4, -0.2) is 23.9 Å². The molecule has 0 unspecified atom stereocenters. The molecule has 7 heteroatoms. The smallest absolute Gasteiger partial charge is 0.249 e. The molecular formula is C20H22FN3O3. The van der Waals surface area contributed by atoms with Crippen molar-refractivity contribution >= 4 is 5.69 Å². The standard InChI is InChI=1S/C20H22FN3O3/c1-5-26-17-9-8-15(11-18(17)25-4)22-13(3)20-23-19(24-27-20)14-7-6-12(2)16(21)10-14/h6-11,13,22H,5H2,1-4H3/t13-/m0/s1. The summed E-state index contributed by atoms with van der Waals surface area (Å²) < 4.78 is 30.0. The van der Waals surface area contributed by atoms with E-state index in [9.17, 15) is 4.39 Å². The Kier molecular flexibility index (Phi) is 5.59. The van der Waals surface area contributed by atoms with Crippen molar-refractivity contribution in [3.8, 4) is 22.9 Å². The van der Waals surface area contributed by atoms with Crippen LogP contribution in [0.3, 0.4) is 0 Å². The van der Waals surface area contributed by atoms with E-state index in [1.165, 1.54) is 6.07 Å². The molecule has 0 aliphatic rings. The van der Waals surface area contributed by atoms with Crippen LogP contribution in [0.5, 0.6) is 11.5 Å². The van der Waals surface area contributed by atoms with Crippen molar-refractivity contribution in [1.82, 2.24) is 10.1 Å². The SMILES string of the molecule is CCOc1ccc(N[C@@H](C)c2nc(-c3ccc(C)c(F)c3)no2)cc1OC. The largest absolute Gasteiger partial charge is 0.493 e. The molecule has 0 aliphatic heterocycles. The number of ether oxygens (including phenoxy) is 2. The number of methoxy groups -OCH3 is 1. The molecule has 27 heavy (non-hydrogen) atoms. The van der Waals surface area contributed by atoms with Crippen LogP contribution < -0.4 is 14.8 Å². The van der Waals surface area contributed by atoms with Crippen LogP contribution in [0.4, 0.5) is 10.1 Å². The maximum atomic E-state index is 13.8. The number of rotatable bonds is 7. The van der Waals surface area contributed by atoms with Gasteiger partial charge in [-0.1, -0.05) is 17.3 Å². The molecule has 0 saturated carbocycles. The van der Waals surface area contributed by atoms with Gasteiger partial charge in [-0.3, -0.25) is 0 Å². The molecule has 0 spiro atoms. The van der Waals surface area contributed by atoms with Gasteiger partial charge in [0.1, 0.15) is 11.9 Å². The van der Waals surface area contributed by atoms with Gasteiger partial charge >= 0.3 is 0 Å². The first kappa shape index (κ1) is 18.7. The van der Waals surface area contributed by atoms with E-state index in [4.69, 9.17) is 14.0 Å². The second kappa shape index (κ2) is 8.07. The average molecular weight is 371 g/mol. The molecule has 1 N–H and O–H groups in total. The number of benzene rings is 2. The summed E-state index contributed by atoms with van der Waals surface area (Å²) in [4.78, 5) is 4.37. The van der Waals surface area contributed by atoms with E-state index in [1.54, 1.807) is 26.2 Å². The zero-order chi connectivity index (χ0) is 19.4. The number of nitrogens with one attached hydrogen (secondary N) is 1. The number of halogens is 1. The van der Waals surface area contributed by atoms with Crippen molar-refractivity contribution in [1.29, 1.82) is 0 Å². The van der Waals surface area contributed by atoms with E-state index >= 15 is 0 Å². The van der Waals surface area contributed by atoms with Crippen LogP contribution in [0, 0.1) is 12.7 Å². The molecule has 0 aliphatic carbocycles. The van der Waals surface area contributed by atoms with Gasteiger partial charge in [-0.15, -0.1) is 0 Å². The summed E-state index contributed by atoms with van der Waals surface area (Å²) in [5.41, 5.74) is 1.97. The van der Waals surface area contributed by atoms with E-state index in [0.717, 1.165) is 5.69 Å². The quantitative estimate of drug-likeness (QED) is 0.645. The Morgan fingerprint density at radius 3 is 2.70 bits per heavy atom. The number of anilines is 1. The lowest BCUT2D eigenvalue weighted by Crippen LogP contribution is -2.07. The van der Waals surface area contributed by atoms with Gasteiger partial charge in [-0.25, -0.2) is 4.39 Å². The van der Waals surface area contributed by atoms with Gasteiger partial charge in [0.05, 0.1) is 13.7 Å². The van der Waals surface area contributed by atoms with E-state index < -0.39 is 0 Å². The van der Waals surface area contributed by atoms with E-state index in [0.29, 0.717) is 40.9 Å². The molecule has 0 fully saturated rings. The monoisotopic (exact) mass is 371 g/mol. The van der Waals surface area contributed by atoms with Crippen LogP contribution in [0.25, 0.3) is 11.4 Å². The Morgan fingerprint density at radius 2 is 2.00 bits per heavy atom. The minimum absolute atomic E-state index is 0.246. The zero-order valence-corrected chi connectivity index (χ0v) is 15.7. The maximum absolute atomic E-state index is 13.8.